The molecule has 0 unspecified atom stereocenters. The summed E-state index contributed by atoms with van der Waals surface area (Å²) in [6.45, 7) is 11.3. The fraction of sp³-hybridized carbons (Fsp3) is 0.378. The summed E-state index contributed by atoms with van der Waals surface area (Å²) in [6, 6.07) is 29.9. The summed E-state index contributed by atoms with van der Waals surface area (Å²) >= 11 is -1.89. The third-order valence-electron chi connectivity index (χ3n) is 9.99. The Labute approximate surface area is 316 Å². The van der Waals surface area contributed by atoms with Gasteiger partial charge in [-0.05, 0) is 36.6 Å². The summed E-state index contributed by atoms with van der Waals surface area (Å²) in [5, 5.41) is 2.27. The van der Waals surface area contributed by atoms with Crippen molar-refractivity contribution in [2.75, 3.05) is 0 Å². The van der Waals surface area contributed by atoms with Crippen LogP contribution in [0.2, 0.25) is 17.3 Å². The Balaban J connectivity index is 0.000000192. The number of furan rings is 1. The second-order valence-electron chi connectivity index (χ2n) is 15.8. The van der Waals surface area contributed by atoms with Gasteiger partial charge >= 0.3 is 145 Å². The zero-order valence-electron chi connectivity index (χ0n) is 31.1. The fourth-order valence-electron chi connectivity index (χ4n) is 7.26. The Morgan fingerprint density at radius 3 is 2.24 bits per heavy atom. The normalized spacial score (nSPS) is 13.6. The first-order chi connectivity index (χ1) is 23.5. The Hall–Kier alpha value is -3.05. The van der Waals surface area contributed by atoms with Crippen LogP contribution in [0.5, 0.6) is 0 Å². The summed E-state index contributed by atoms with van der Waals surface area (Å²) in [5.41, 5.74) is 11.4. The Morgan fingerprint density at radius 1 is 0.820 bits per heavy atom. The molecule has 0 aliphatic heterocycles. The molecule has 3 nitrogen and oxygen atoms in total. The van der Waals surface area contributed by atoms with Crippen LogP contribution >= 0.6 is 0 Å². The van der Waals surface area contributed by atoms with Crippen LogP contribution in [0.1, 0.15) is 81.5 Å². The van der Waals surface area contributed by atoms with Crippen LogP contribution in [0, 0.1) is 30.9 Å². The number of nitrogens with zero attached hydrogens (tertiary/aromatic N) is 2. The van der Waals surface area contributed by atoms with Crippen LogP contribution in [0.15, 0.2) is 83.5 Å². The van der Waals surface area contributed by atoms with Crippen LogP contribution in [0.3, 0.4) is 0 Å². The van der Waals surface area contributed by atoms with Crippen molar-refractivity contribution in [3.8, 4) is 22.5 Å². The molecule has 5 heteroatoms. The fourth-order valence-corrected chi connectivity index (χ4v) is 10.6. The molecule has 0 N–H and O–H groups in total. The largest absolute Gasteiger partial charge is 0.501 e. The zero-order valence-corrected chi connectivity index (χ0v) is 35.6. The van der Waals surface area contributed by atoms with Gasteiger partial charge in [-0.1, -0.05) is 66.5 Å². The third-order valence-corrected chi connectivity index (χ3v) is 14.3. The van der Waals surface area contributed by atoms with Crippen LogP contribution in [-0.2, 0) is 32.9 Å². The molecule has 50 heavy (non-hydrogen) atoms. The molecule has 3 aromatic heterocycles. The number of hydrogen-bond donors (Lipinski definition) is 0. The molecule has 1 radical (unpaired) electrons. The molecular weight excluding hydrogens is 849 g/mol. The van der Waals surface area contributed by atoms with Gasteiger partial charge in [0.2, 0.25) is 0 Å². The van der Waals surface area contributed by atoms with E-state index in [1.807, 2.05) is 30.3 Å². The van der Waals surface area contributed by atoms with E-state index in [0.29, 0.717) is 11.8 Å². The first kappa shape index (κ1) is 38.2. The summed E-state index contributed by atoms with van der Waals surface area (Å²) in [5.74, 6) is 9.39. The van der Waals surface area contributed by atoms with Gasteiger partial charge in [0.1, 0.15) is 5.58 Å². The number of fused-ring (bicyclic) bond motifs is 3. The standard InChI is InChI=1S/C24H22NO.C21H30GeN.Ir/c1-16-13-22(25-15-18(16)14-17-7-2-3-8-17)21-11-6-10-20-19-9-4-5-12-23(19)26-24(20)21;1-15(2)11-19-13-21(23-14-20(19)22(5,6)7)18-10-8-9-17(12-18)16(3)4;/h4-6,9-10,12-13,15,17H,2-3,7-8,14H2,1H3;8-9,12-16H,11H2,1-7H3;/q2*-1;. The predicted octanol–water partition coefficient (Wildman–Crippen LogP) is 11.9. The maximum Gasteiger partial charge on any atom is 0.120 e. The van der Waals surface area contributed by atoms with E-state index in [0.717, 1.165) is 63.2 Å². The summed E-state index contributed by atoms with van der Waals surface area (Å²) in [4.78, 5) is 9.58. The molecule has 0 bridgehead atoms. The van der Waals surface area contributed by atoms with Crippen molar-refractivity contribution in [2.45, 2.75) is 96.3 Å². The van der Waals surface area contributed by atoms with Gasteiger partial charge in [0, 0.05) is 31.7 Å². The van der Waals surface area contributed by atoms with Gasteiger partial charge < -0.3 is 9.40 Å². The molecular formula is C45H52GeIrN2O-2. The molecule has 0 atom stereocenters. The van der Waals surface area contributed by atoms with Gasteiger partial charge in [-0.2, -0.15) is 0 Å². The van der Waals surface area contributed by atoms with Crippen LogP contribution in [0.25, 0.3) is 44.5 Å². The van der Waals surface area contributed by atoms with Gasteiger partial charge in [-0.15, -0.1) is 18.2 Å². The SMILES string of the molecule is CC(C)Cc1cc(-c2[c-]ccc(C(C)C)c2)nc[c]1[Ge]([CH3])([CH3])[CH3].Cc1cc(-c2[c-]ccc3c2oc2ccccc23)ncc1CC1CCCC1.[Ir]. The van der Waals surface area contributed by atoms with E-state index in [9.17, 15) is 0 Å². The Bertz CT molecular complexity index is 2050. The molecule has 1 saturated carbocycles. The molecule has 0 amide bonds. The molecule has 263 valence electrons. The van der Waals surface area contributed by atoms with Crippen LogP contribution in [0.4, 0.5) is 0 Å². The first-order valence-electron chi connectivity index (χ1n) is 18.3. The van der Waals surface area contributed by atoms with Crippen LogP contribution in [-0.4, -0.2) is 23.2 Å². The van der Waals surface area contributed by atoms with Gasteiger partial charge in [-0.25, -0.2) is 0 Å². The minimum Gasteiger partial charge on any atom is -0.501 e. The van der Waals surface area contributed by atoms with E-state index in [1.165, 1.54) is 47.9 Å². The van der Waals surface area contributed by atoms with E-state index in [4.69, 9.17) is 14.4 Å². The Morgan fingerprint density at radius 2 is 1.54 bits per heavy atom. The quantitative estimate of drug-likeness (QED) is 0.113. The maximum atomic E-state index is 6.14. The van der Waals surface area contributed by atoms with Crippen molar-refractivity contribution in [1.29, 1.82) is 0 Å². The second kappa shape index (κ2) is 16.5. The molecule has 1 aliphatic carbocycles. The minimum atomic E-state index is -1.89. The first-order valence-corrected chi connectivity index (χ1v) is 25.6. The van der Waals surface area contributed by atoms with Gasteiger partial charge in [-0.3, -0.25) is 0 Å². The smallest absolute Gasteiger partial charge is 0.120 e. The van der Waals surface area contributed by atoms with Crippen molar-refractivity contribution in [3.05, 3.63) is 114 Å². The average Bonchev–Trinajstić information content (AvgIpc) is 3.73. The number of benzene rings is 3. The topological polar surface area (TPSA) is 38.9 Å². The summed E-state index contributed by atoms with van der Waals surface area (Å²) in [6.07, 6.45) is 12.0. The van der Waals surface area contributed by atoms with E-state index in [2.05, 4.69) is 113 Å². The van der Waals surface area contributed by atoms with Crippen molar-refractivity contribution in [3.63, 3.8) is 0 Å². The van der Waals surface area contributed by atoms with Gasteiger partial charge in [0.15, 0.2) is 0 Å². The summed E-state index contributed by atoms with van der Waals surface area (Å²) < 4.78 is 7.69. The van der Waals surface area contributed by atoms with E-state index >= 15 is 0 Å². The number of rotatable bonds is 8. The van der Waals surface area contributed by atoms with E-state index < -0.39 is 13.3 Å². The minimum absolute atomic E-state index is 0. The molecule has 7 rings (SSSR count). The molecule has 6 aromatic rings. The van der Waals surface area contributed by atoms with Crippen LogP contribution < -0.4 is 4.40 Å². The van der Waals surface area contributed by atoms with Crippen molar-refractivity contribution in [1.82, 2.24) is 9.97 Å². The van der Waals surface area contributed by atoms with Crippen molar-refractivity contribution < 1.29 is 24.5 Å². The summed E-state index contributed by atoms with van der Waals surface area (Å²) in [7, 11) is 0. The molecule has 3 aromatic carbocycles. The number of aryl methyl sites for hydroxylation is 1. The molecule has 0 spiro atoms. The molecule has 1 fully saturated rings. The number of pyridine rings is 2. The molecule has 1 aliphatic rings. The number of para-hydroxylation sites is 1. The zero-order chi connectivity index (χ0) is 34.7. The maximum absolute atomic E-state index is 6.14. The second-order valence-corrected chi connectivity index (χ2v) is 26.4. The average molecular weight is 902 g/mol. The number of hydrogen-bond acceptors (Lipinski definition) is 3. The van der Waals surface area contributed by atoms with E-state index in [-0.39, 0.29) is 20.1 Å². The van der Waals surface area contributed by atoms with Gasteiger partial charge in [0.25, 0.3) is 0 Å². The molecule has 0 saturated heterocycles. The van der Waals surface area contributed by atoms with Gasteiger partial charge in [0.05, 0.1) is 5.58 Å². The van der Waals surface area contributed by atoms with Crippen molar-refractivity contribution >= 4 is 39.6 Å². The number of aromatic nitrogens is 2. The monoisotopic (exact) mass is 903 g/mol. The molecule has 3 heterocycles. The third kappa shape index (κ3) is 8.87. The Kier molecular flexibility index (Phi) is 12.6. The predicted molar refractivity (Wildman–Crippen MR) is 210 cm³/mol. The van der Waals surface area contributed by atoms with Crippen molar-refractivity contribution in [2.24, 2.45) is 11.8 Å². The van der Waals surface area contributed by atoms with E-state index in [1.54, 1.807) is 4.40 Å².